The summed E-state index contributed by atoms with van der Waals surface area (Å²) in [5, 5.41) is 2.86. The van der Waals surface area contributed by atoms with Crippen LogP contribution in [0.15, 0.2) is 48.8 Å². The lowest BCUT2D eigenvalue weighted by atomic mass is 10.1. The maximum absolute atomic E-state index is 13.4. The molecule has 1 saturated heterocycles. The predicted octanol–water partition coefficient (Wildman–Crippen LogP) is 3.09. The number of aromatic nitrogens is 2. The highest BCUT2D eigenvalue weighted by atomic mass is 19.2. The van der Waals surface area contributed by atoms with E-state index in [1.54, 1.807) is 17.1 Å². The normalized spacial score (nSPS) is 16.7. The molecule has 2 heterocycles. The largest absolute Gasteiger partial charge is 0.371 e. The van der Waals surface area contributed by atoms with Crippen molar-refractivity contribution in [3.63, 3.8) is 0 Å². The number of fused-ring (bicyclic) bond motifs is 1. The number of carbonyl (C=O) groups is 1. The molecule has 1 atom stereocenters. The molecule has 6 nitrogen and oxygen atoms in total. The maximum atomic E-state index is 13.4. The van der Waals surface area contributed by atoms with Crippen molar-refractivity contribution in [1.29, 1.82) is 0 Å². The number of amides is 2. The van der Waals surface area contributed by atoms with E-state index in [2.05, 4.69) is 15.7 Å². The average Bonchev–Trinajstić information content (AvgIpc) is 3.30. The van der Waals surface area contributed by atoms with E-state index >= 15 is 0 Å². The van der Waals surface area contributed by atoms with E-state index < -0.39 is 11.6 Å². The summed E-state index contributed by atoms with van der Waals surface area (Å²) in [6, 6.07) is 11.1. The van der Waals surface area contributed by atoms with Gasteiger partial charge in [-0.3, -0.25) is 0 Å². The molecule has 3 aromatic rings. The number of para-hydroxylation sites is 2. The Morgan fingerprint density at radius 2 is 2.04 bits per heavy atom. The molecule has 2 aromatic carbocycles. The van der Waals surface area contributed by atoms with Crippen LogP contribution in [0.2, 0.25) is 0 Å². The van der Waals surface area contributed by atoms with Crippen molar-refractivity contribution in [3.05, 3.63) is 60.4 Å². The lowest BCUT2D eigenvalue weighted by molar-refractivity contribution is 0.248. The molecule has 4 rings (SSSR count). The highest BCUT2D eigenvalue weighted by Gasteiger charge is 2.23. The van der Waals surface area contributed by atoms with Crippen LogP contribution in [0, 0.1) is 17.6 Å². The molecule has 0 spiro atoms. The van der Waals surface area contributed by atoms with Gasteiger partial charge < -0.3 is 10.2 Å². The van der Waals surface area contributed by atoms with Gasteiger partial charge in [-0.05, 0) is 36.6 Å². The second-order valence-electron chi connectivity index (χ2n) is 6.62. The minimum Gasteiger partial charge on any atom is -0.371 e. The van der Waals surface area contributed by atoms with Gasteiger partial charge in [0.25, 0.3) is 0 Å². The van der Waals surface area contributed by atoms with Gasteiger partial charge in [-0.1, -0.05) is 12.1 Å². The summed E-state index contributed by atoms with van der Waals surface area (Å²) >= 11 is 0. The third-order valence-electron chi connectivity index (χ3n) is 4.78. The van der Waals surface area contributed by atoms with Gasteiger partial charge in [-0.15, -0.1) is 0 Å². The number of halogens is 2. The molecule has 8 heteroatoms. The van der Waals surface area contributed by atoms with Gasteiger partial charge in [0.15, 0.2) is 11.6 Å². The van der Waals surface area contributed by atoms with E-state index in [1.807, 2.05) is 29.2 Å². The number of nitrogens with zero attached hydrogens (tertiary/aromatic N) is 3. The van der Waals surface area contributed by atoms with Gasteiger partial charge in [0.1, 0.15) is 6.33 Å². The Morgan fingerprint density at radius 1 is 1.19 bits per heavy atom. The Bertz CT molecular complexity index is 974. The van der Waals surface area contributed by atoms with Gasteiger partial charge in [-0.25, -0.2) is 28.7 Å². The molecule has 0 radical (unpaired) electrons. The van der Waals surface area contributed by atoms with Crippen molar-refractivity contribution in [1.82, 2.24) is 15.0 Å². The minimum atomic E-state index is -0.847. The number of anilines is 1. The number of nitrogens with one attached hydrogen (secondary N) is 2. The van der Waals surface area contributed by atoms with Gasteiger partial charge in [-0.2, -0.15) is 0 Å². The number of urea groups is 1. The maximum Gasteiger partial charge on any atom is 0.333 e. The van der Waals surface area contributed by atoms with Crippen LogP contribution in [0.5, 0.6) is 0 Å². The summed E-state index contributed by atoms with van der Waals surface area (Å²) in [7, 11) is 0. The van der Waals surface area contributed by atoms with E-state index in [9.17, 15) is 13.6 Å². The van der Waals surface area contributed by atoms with Crippen LogP contribution in [-0.4, -0.2) is 35.3 Å². The minimum absolute atomic E-state index is 0.239. The Balaban J connectivity index is 1.30. The molecule has 2 amide bonds. The van der Waals surface area contributed by atoms with Gasteiger partial charge in [0.05, 0.1) is 11.0 Å². The standard InChI is InChI=1S/C19H19F2N5O/c20-15-6-5-14(9-16(15)21)25-8-7-13(11-25)10-22-19(27)24-26-12-23-17-3-1-2-4-18(17)26/h1-6,9,12-13H,7-8,10-11H2,(H2,22,24,27). The topological polar surface area (TPSA) is 62.2 Å². The van der Waals surface area contributed by atoms with Crippen molar-refractivity contribution in [2.24, 2.45) is 5.92 Å². The van der Waals surface area contributed by atoms with Crippen LogP contribution < -0.4 is 15.6 Å². The SMILES string of the molecule is O=C(NCC1CCN(c2ccc(F)c(F)c2)C1)Nn1cnc2ccccc21. The highest BCUT2D eigenvalue weighted by molar-refractivity contribution is 5.85. The van der Waals surface area contributed by atoms with Crippen LogP contribution in [-0.2, 0) is 0 Å². The summed E-state index contributed by atoms with van der Waals surface area (Å²) in [5.74, 6) is -1.45. The molecule has 0 saturated carbocycles. The van der Waals surface area contributed by atoms with Gasteiger partial charge in [0.2, 0.25) is 0 Å². The average molecular weight is 371 g/mol. The monoisotopic (exact) mass is 371 g/mol. The zero-order chi connectivity index (χ0) is 18.8. The van der Waals surface area contributed by atoms with Crippen molar-refractivity contribution >= 4 is 22.8 Å². The fourth-order valence-electron chi connectivity index (χ4n) is 3.35. The Labute approximate surface area is 154 Å². The van der Waals surface area contributed by atoms with Crippen molar-refractivity contribution in [3.8, 4) is 0 Å². The summed E-state index contributed by atoms with van der Waals surface area (Å²) in [6.07, 6.45) is 2.43. The predicted molar refractivity (Wildman–Crippen MR) is 99.2 cm³/mol. The third kappa shape index (κ3) is 3.69. The fourth-order valence-corrected chi connectivity index (χ4v) is 3.35. The second kappa shape index (κ2) is 7.22. The number of carbonyl (C=O) groups excluding carboxylic acids is 1. The third-order valence-corrected chi connectivity index (χ3v) is 4.78. The molecular weight excluding hydrogens is 352 g/mol. The van der Waals surface area contributed by atoms with E-state index in [-0.39, 0.29) is 11.9 Å². The molecular formula is C19H19F2N5O. The molecule has 2 N–H and O–H groups in total. The van der Waals surface area contributed by atoms with E-state index in [4.69, 9.17) is 0 Å². The summed E-state index contributed by atoms with van der Waals surface area (Å²) in [6.45, 7) is 1.92. The Hall–Kier alpha value is -3.16. The Morgan fingerprint density at radius 3 is 2.89 bits per heavy atom. The first kappa shape index (κ1) is 17.3. The van der Waals surface area contributed by atoms with E-state index in [1.165, 1.54) is 6.07 Å². The van der Waals surface area contributed by atoms with Crippen LogP contribution in [0.1, 0.15) is 6.42 Å². The Kier molecular flexibility index (Phi) is 4.62. The van der Waals surface area contributed by atoms with Crippen molar-refractivity contribution in [2.75, 3.05) is 30.0 Å². The first-order chi connectivity index (χ1) is 13.1. The molecule has 0 bridgehead atoms. The van der Waals surface area contributed by atoms with Crippen LogP contribution in [0.25, 0.3) is 11.0 Å². The molecule has 1 unspecified atom stereocenters. The number of benzene rings is 2. The lowest BCUT2D eigenvalue weighted by Gasteiger charge is -2.19. The summed E-state index contributed by atoms with van der Waals surface area (Å²) in [4.78, 5) is 18.4. The summed E-state index contributed by atoms with van der Waals surface area (Å²) in [5.41, 5.74) is 5.02. The van der Waals surface area contributed by atoms with Gasteiger partial charge >= 0.3 is 6.03 Å². The van der Waals surface area contributed by atoms with E-state index in [0.717, 1.165) is 30.1 Å². The quantitative estimate of drug-likeness (QED) is 0.741. The fraction of sp³-hybridized carbons (Fsp3) is 0.263. The number of imidazole rings is 1. The molecule has 140 valence electrons. The molecule has 1 aliphatic rings. The van der Waals surface area contributed by atoms with Crippen molar-refractivity contribution in [2.45, 2.75) is 6.42 Å². The highest BCUT2D eigenvalue weighted by Crippen LogP contribution is 2.25. The number of hydrogen-bond donors (Lipinski definition) is 2. The molecule has 1 fully saturated rings. The van der Waals surface area contributed by atoms with Crippen molar-refractivity contribution < 1.29 is 13.6 Å². The van der Waals surface area contributed by atoms with Crippen LogP contribution in [0.4, 0.5) is 19.3 Å². The molecule has 0 aliphatic carbocycles. The number of hydrogen-bond acceptors (Lipinski definition) is 3. The molecule has 1 aliphatic heterocycles. The molecule has 27 heavy (non-hydrogen) atoms. The summed E-state index contributed by atoms with van der Waals surface area (Å²) < 4.78 is 28.0. The van der Waals surface area contributed by atoms with E-state index in [0.29, 0.717) is 18.8 Å². The lowest BCUT2D eigenvalue weighted by Crippen LogP contribution is -2.37. The molecule has 1 aromatic heterocycles. The first-order valence-electron chi connectivity index (χ1n) is 8.77. The second-order valence-corrected chi connectivity index (χ2v) is 6.62. The first-order valence-corrected chi connectivity index (χ1v) is 8.77. The zero-order valence-corrected chi connectivity index (χ0v) is 14.5. The van der Waals surface area contributed by atoms with Crippen LogP contribution >= 0.6 is 0 Å². The number of rotatable bonds is 4. The zero-order valence-electron chi connectivity index (χ0n) is 14.5. The van der Waals surface area contributed by atoms with Gasteiger partial charge in [0, 0.05) is 31.4 Å². The van der Waals surface area contributed by atoms with Crippen LogP contribution in [0.3, 0.4) is 0 Å². The smallest absolute Gasteiger partial charge is 0.333 e.